The number of nitrogens with zero attached hydrogens (tertiary/aromatic N) is 3. The number of ether oxygens (including phenoxy) is 1. The number of hydrogen-bond acceptors (Lipinski definition) is 5. The van der Waals surface area contributed by atoms with E-state index in [1.165, 1.54) is 28.9 Å². The van der Waals surface area contributed by atoms with Crippen LogP contribution >= 0.6 is 23.2 Å². The zero-order valence-electron chi connectivity index (χ0n) is 16.3. The van der Waals surface area contributed by atoms with Crippen molar-refractivity contribution in [2.24, 2.45) is 0 Å². The van der Waals surface area contributed by atoms with E-state index < -0.39 is 18.4 Å². The van der Waals surface area contributed by atoms with Crippen molar-refractivity contribution in [2.45, 2.75) is 0 Å². The van der Waals surface area contributed by atoms with Crippen LogP contribution in [0.25, 0.3) is 17.1 Å². The lowest BCUT2D eigenvalue weighted by atomic mass is 10.1. The molecule has 0 atom stereocenters. The summed E-state index contributed by atoms with van der Waals surface area (Å²) in [7, 11) is 0. The van der Waals surface area contributed by atoms with Crippen LogP contribution in [0.1, 0.15) is 21.0 Å². The summed E-state index contributed by atoms with van der Waals surface area (Å²) in [5.74, 6) is -1.67. The van der Waals surface area contributed by atoms with Crippen molar-refractivity contribution in [1.29, 1.82) is 0 Å². The molecule has 3 aromatic carbocycles. The number of Topliss-reactive ketones (excluding diaryl/α,β-unsaturated/α-hetero) is 1. The number of esters is 1. The molecule has 0 aliphatic heterocycles. The van der Waals surface area contributed by atoms with E-state index in [1.807, 2.05) is 0 Å². The van der Waals surface area contributed by atoms with Gasteiger partial charge < -0.3 is 4.74 Å². The average Bonchev–Trinajstić information content (AvgIpc) is 3.25. The fraction of sp³-hybridized carbons (Fsp3) is 0.0435. The highest BCUT2D eigenvalue weighted by atomic mass is 35.5. The molecule has 0 amide bonds. The number of rotatable bonds is 6. The number of halogens is 3. The van der Waals surface area contributed by atoms with Crippen molar-refractivity contribution in [3.63, 3.8) is 0 Å². The van der Waals surface area contributed by atoms with Gasteiger partial charge in [-0.2, -0.15) is 0 Å². The van der Waals surface area contributed by atoms with Gasteiger partial charge in [-0.3, -0.25) is 4.79 Å². The first kappa shape index (κ1) is 21.7. The van der Waals surface area contributed by atoms with Crippen LogP contribution < -0.4 is 0 Å². The summed E-state index contributed by atoms with van der Waals surface area (Å²) in [5.41, 5.74) is 1.40. The number of hydrogen-bond donors (Lipinski definition) is 0. The predicted octanol–water partition coefficient (Wildman–Crippen LogP) is 5.42. The Morgan fingerprint density at radius 3 is 2.34 bits per heavy atom. The molecule has 32 heavy (non-hydrogen) atoms. The molecule has 0 spiro atoms. The molecule has 0 bridgehead atoms. The van der Waals surface area contributed by atoms with Crippen molar-refractivity contribution in [2.75, 3.05) is 6.61 Å². The summed E-state index contributed by atoms with van der Waals surface area (Å²) in [6, 6.07) is 18.8. The molecule has 0 saturated heterocycles. The Kier molecular flexibility index (Phi) is 6.30. The van der Waals surface area contributed by atoms with Gasteiger partial charge in [0.1, 0.15) is 5.82 Å². The van der Waals surface area contributed by atoms with Gasteiger partial charge in [0, 0.05) is 11.1 Å². The summed E-state index contributed by atoms with van der Waals surface area (Å²) in [6.45, 7) is -0.462. The molecular weight excluding hydrogens is 456 g/mol. The van der Waals surface area contributed by atoms with Gasteiger partial charge in [0.25, 0.3) is 5.82 Å². The van der Waals surface area contributed by atoms with Gasteiger partial charge in [-0.25, -0.2) is 18.9 Å². The van der Waals surface area contributed by atoms with Crippen molar-refractivity contribution >= 4 is 35.0 Å². The second-order valence-electron chi connectivity index (χ2n) is 6.64. The van der Waals surface area contributed by atoms with Crippen LogP contribution in [0, 0.1) is 5.82 Å². The molecule has 1 aromatic heterocycles. The first-order valence-corrected chi connectivity index (χ1v) is 10.1. The number of aromatic nitrogens is 3. The van der Waals surface area contributed by atoms with Crippen LogP contribution in [0.2, 0.25) is 10.0 Å². The van der Waals surface area contributed by atoms with E-state index in [0.717, 1.165) is 0 Å². The Morgan fingerprint density at radius 1 is 0.938 bits per heavy atom. The molecule has 0 N–H and O–H groups in total. The maximum atomic E-state index is 13.4. The molecule has 0 aliphatic carbocycles. The molecule has 0 saturated carbocycles. The highest BCUT2D eigenvalue weighted by Crippen LogP contribution is 2.27. The summed E-state index contributed by atoms with van der Waals surface area (Å²) in [5, 5.41) is 4.85. The predicted molar refractivity (Wildman–Crippen MR) is 118 cm³/mol. The van der Waals surface area contributed by atoms with Crippen molar-refractivity contribution in [3.05, 3.63) is 100 Å². The summed E-state index contributed by atoms with van der Waals surface area (Å²) in [6.07, 6.45) is 0. The highest BCUT2D eigenvalue weighted by molar-refractivity contribution is 6.42. The minimum Gasteiger partial charge on any atom is -0.451 e. The van der Waals surface area contributed by atoms with E-state index in [1.54, 1.807) is 48.5 Å². The van der Waals surface area contributed by atoms with Gasteiger partial charge in [0.15, 0.2) is 18.2 Å². The highest BCUT2D eigenvalue weighted by Gasteiger charge is 2.21. The quantitative estimate of drug-likeness (QED) is 0.278. The topological polar surface area (TPSA) is 74.1 Å². The van der Waals surface area contributed by atoms with Gasteiger partial charge in [-0.05, 0) is 42.5 Å². The van der Waals surface area contributed by atoms with Crippen molar-refractivity contribution in [3.8, 4) is 17.1 Å². The van der Waals surface area contributed by atoms with E-state index >= 15 is 0 Å². The third-order valence-corrected chi connectivity index (χ3v) is 5.21. The molecule has 4 aromatic rings. The minimum atomic E-state index is -0.878. The third-order valence-electron chi connectivity index (χ3n) is 4.47. The number of ketones is 1. The normalized spacial score (nSPS) is 10.7. The zero-order valence-corrected chi connectivity index (χ0v) is 17.8. The van der Waals surface area contributed by atoms with E-state index in [-0.39, 0.29) is 22.5 Å². The van der Waals surface area contributed by atoms with Crippen LogP contribution in [0.4, 0.5) is 4.39 Å². The molecule has 0 radical (unpaired) electrons. The molecule has 6 nitrogen and oxygen atoms in total. The SMILES string of the molecule is O=C(COC(=O)c1nc(-c2ccc(F)cc2)n(-c2ccc(Cl)c(Cl)c2)n1)c1ccccc1. The fourth-order valence-corrected chi connectivity index (χ4v) is 3.18. The third kappa shape index (κ3) is 4.69. The van der Waals surface area contributed by atoms with Crippen LogP contribution in [-0.2, 0) is 4.74 Å². The number of carbonyl (C=O) groups is 2. The lowest BCUT2D eigenvalue weighted by molar-refractivity contribution is 0.0462. The average molecular weight is 470 g/mol. The van der Waals surface area contributed by atoms with Gasteiger partial charge in [-0.1, -0.05) is 53.5 Å². The maximum absolute atomic E-state index is 13.4. The van der Waals surface area contributed by atoms with Gasteiger partial charge in [-0.15, -0.1) is 5.10 Å². The molecule has 0 unspecified atom stereocenters. The second kappa shape index (κ2) is 9.30. The van der Waals surface area contributed by atoms with Crippen LogP contribution in [0.5, 0.6) is 0 Å². The lowest BCUT2D eigenvalue weighted by Crippen LogP contribution is -2.15. The molecule has 0 aliphatic rings. The molecule has 0 fully saturated rings. The fourth-order valence-electron chi connectivity index (χ4n) is 2.88. The van der Waals surface area contributed by atoms with Gasteiger partial charge in [0.2, 0.25) is 0 Å². The van der Waals surface area contributed by atoms with Gasteiger partial charge in [0.05, 0.1) is 15.7 Å². The van der Waals surface area contributed by atoms with E-state index in [9.17, 15) is 14.0 Å². The zero-order chi connectivity index (χ0) is 22.7. The first-order chi connectivity index (χ1) is 15.4. The molecule has 4 rings (SSSR count). The number of benzene rings is 3. The van der Waals surface area contributed by atoms with E-state index in [0.29, 0.717) is 21.8 Å². The van der Waals surface area contributed by atoms with Crippen LogP contribution in [0.15, 0.2) is 72.8 Å². The second-order valence-corrected chi connectivity index (χ2v) is 7.46. The number of carbonyl (C=O) groups excluding carboxylic acids is 2. The molecule has 1 heterocycles. The maximum Gasteiger partial charge on any atom is 0.378 e. The van der Waals surface area contributed by atoms with Crippen LogP contribution in [0.3, 0.4) is 0 Å². The van der Waals surface area contributed by atoms with E-state index in [2.05, 4.69) is 10.1 Å². The molecule has 160 valence electrons. The smallest absolute Gasteiger partial charge is 0.378 e. The lowest BCUT2D eigenvalue weighted by Gasteiger charge is -2.07. The summed E-state index contributed by atoms with van der Waals surface area (Å²) >= 11 is 12.1. The molecular formula is C23H14Cl2FN3O3. The van der Waals surface area contributed by atoms with E-state index in [4.69, 9.17) is 27.9 Å². The summed E-state index contributed by atoms with van der Waals surface area (Å²) in [4.78, 5) is 29.0. The molecule has 9 heteroatoms. The van der Waals surface area contributed by atoms with Crippen molar-refractivity contribution in [1.82, 2.24) is 14.8 Å². The Hall–Kier alpha value is -3.55. The standard InChI is InChI=1S/C23H14Cl2FN3O3/c24-18-11-10-17(12-19(18)25)29-22(15-6-8-16(26)9-7-15)27-21(28-29)23(31)32-13-20(30)14-4-2-1-3-5-14/h1-12H,13H2. The minimum absolute atomic E-state index is 0.254. The van der Waals surface area contributed by atoms with Gasteiger partial charge >= 0.3 is 5.97 Å². The Morgan fingerprint density at radius 2 is 1.66 bits per heavy atom. The summed E-state index contributed by atoms with van der Waals surface area (Å²) < 4.78 is 19.9. The van der Waals surface area contributed by atoms with Crippen LogP contribution in [-0.4, -0.2) is 33.1 Å². The first-order valence-electron chi connectivity index (χ1n) is 9.36. The Labute approximate surface area is 192 Å². The largest absolute Gasteiger partial charge is 0.451 e. The Bertz CT molecular complexity index is 1290. The Balaban J connectivity index is 1.65. The van der Waals surface area contributed by atoms with Crippen molar-refractivity contribution < 1.29 is 18.7 Å². The monoisotopic (exact) mass is 469 g/mol.